The first-order valence-electron chi connectivity index (χ1n) is 7.14. The number of likely N-dealkylation sites (tertiary alicyclic amines) is 1. The highest BCUT2D eigenvalue weighted by Crippen LogP contribution is 2.32. The minimum atomic E-state index is 0. The largest absolute Gasteiger partial charge is 0.330 e. The van der Waals surface area contributed by atoms with Gasteiger partial charge in [0, 0.05) is 30.9 Å². The number of hydrogen-bond donors (Lipinski definition) is 1. The summed E-state index contributed by atoms with van der Waals surface area (Å²) < 4.78 is 0. The third-order valence-corrected chi connectivity index (χ3v) is 4.92. The molecule has 1 aromatic carbocycles. The van der Waals surface area contributed by atoms with Gasteiger partial charge in [-0.25, -0.2) is 4.98 Å². The number of aromatic nitrogens is 1. The molecule has 1 saturated heterocycles. The molecule has 0 aliphatic carbocycles. The van der Waals surface area contributed by atoms with E-state index in [1.807, 2.05) is 0 Å². The van der Waals surface area contributed by atoms with E-state index in [1.54, 1.807) is 11.3 Å². The molecule has 0 radical (unpaired) electrons. The van der Waals surface area contributed by atoms with Gasteiger partial charge in [0.1, 0.15) is 0 Å². The number of nitrogens with two attached hydrogens (primary N) is 1. The van der Waals surface area contributed by atoms with E-state index in [4.69, 9.17) is 5.73 Å². The minimum absolute atomic E-state index is 0. The number of benzene rings is 1. The van der Waals surface area contributed by atoms with E-state index in [0.717, 1.165) is 31.2 Å². The van der Waals surface area contributed by atoms with Crippen molar-refractivity contribution in [3.05, 3.63) is 52.0 Å². The molecular formula is C16H22ClN3S. The van der Waals surface area contributed by atoms with Crippen molar-refractivity contribution in [1.82, 2.24) is 9.88 Å². The van der Waals surface area contributed by atoms with Crippen LogP contribution in [0.5, 0.6) is 0 Å². The summed E-state index contributed by atoms with van der Waals surface area (Å²) in [4.78, 5) is 7.06. The Kier molecular flexibility index (Phi) is 5.76. The number of rotatable bonds is 4. The quantitative estimate of drug-likeness (QED) is 0.940. The molecular weight excluding hydrogens is 302 g/mol. The first-order chi connectivity index (χ1) is 9.76. The Morgan fingerprint density at radius 1 is 1.29 bits per heavy atom. The highest BCUT2D eigenvalue weighted by atomic mass is 35.5. The first kappa shape index (κ1) is 16.4. The van der Waals surface area contributed by atoms with Crippen LogP contribution in [0.15, 0.2) is 35.7 Å². The second-order valence-electron chi connectivity index (χ2n) is 5.56. The summed E-state index contributed by atoms with van der Waals surface area (Å²) in [5.74, 6) is 1.11. The van der Waals surface area contributed by atoms with E-state index >= 15 is 0 Å². The zero-order chi connectivity index (χ0) is 13.9. The van der Waals surface area contributed by atoms with Crippen molar-refractivity contribution < 1.29 is 0 Å². The van der Waals surface area contributed by atoms with Gasteiger partial charge in [-0.3, -0.25) is 4.90 Å². The van der Waals surface area contributed by atoms with E-state index in [0.29, 0.717) is 11.8 Å². The molecule has 1 aromatic heterocycles. The summed E-state index contributed by atoms with van der Waals surface area (Å²) in [5, 5.41) is 3.32. The van der Waals surface area contributed by atoms with Gasteiger partial charge in [0.05, 0.1) is 10.7 Å². The average Bonchev–Trinajstić information content (AvgIpc) is 3.06. The van der Waals surface area contributed by atoms with E-state index in [1.165, 1.54) is 11.3 Å². The van der Waals surface area contributed by atoms with Crippen LogP contribution in [0.1, 0.15) is 22.2 Å². The first-order valence-corrected chi connectivity index (χ1v) is 8.02. The van der Waals surface area contributed by atoms with Crippen LogP contribution < -0.4 is 5.73 Å². The lowest BCUT2D eigenvalue weighted by atomic mass is 9.89. The van der Waals surface area contributed by atoms with Gasteiger partial charge in [-0.1, -0.05) is 30.3 Å². The van der Waals surface area contributed by atoms with Crippen LogP contribution in [0, 0.1) is 12.8 Å². The molecule has 1 aliphatic heterocycles. The van der Waals surface area contributed by atoms with Gasteiger partial charge in [0.2, 0.25) is 0 Å². The maximum absolute atomic E-state index is 5.98. The van der Waals surface area contributed by atoms with Crippen LogP contribution in [0.4, 0.5) is 0 Å². The molecule has 3 rings (SSSR count). The number of thiazole rings is 1. The van der Waals surface area contributed by atoms with Crippen molar-refractivity contribution in [2.75, 3.05) is 19.6 Å². The molecule has 1 aliphatic rings. The third kappa shape index (κ3) is 3.83. The lowest BCUT2D eigenvalue weighted by Crippen LogP contribution is -2.23. The Morgan fingerprint density at radius 3 is 2.67 bits per heavy atom. The third-order valence-electron chi connectivity index (χ3n) is 4.10. The van der Waals surface area contributed by atoms with Gasteiger partial charge in [0.25, 0.3) is 0 Å². The normalized spacial score (nSPS) is 22.2. The van der Waals surface area contributed by atoms with Crippen LogP contribution in [0.2, 0.25) is 0 Å². The fourth-order valence-electron chi connectivity index (χ4n) is 3.12. The number of halogens is 1. The lowest BCUT2D eigenvalue weighted by molar-refractivity contribution is 0.313. The zero-order valence-electron chi connectivity index (χ0n) is 12.2. The summed E-state index contributed by atoms with van der Waals surface area (Å²) in [7, 11) is 0. The predicted molar refractivity (Wildman–Crippen MR) is 91.1 cm³/mol. The molecule has 2 N–H and O–H groups in total. The van der Waals surface area contributed by atoms with Gasteiger partial charge in [-0.05, 0) is 24.9 Å². The van der Waals surface area contributed by atoms with Crippen molar-refractivity contribution in [1.29, 1.82) is 0 Å². The van der Waals surface area contributed by atoms with E-state index in [9.17, 15) is 0 Å². The van der Waals surface area contributed by atoms with E-state index in [-0.39, 0.29) is 12.4 Å². The molecule has 21 heavy (non-hydrogen) atoms. The van der Waals surface area contributed by atoms with Crippen LogP contribution in [-0.4, -0.2) is 29.5 Å². The maximum Gasteiger partial charge on any atom is 0.0897 e. The van der Waals surface area contributed by atoms with Gasteiger partial charge < -0.3 is 5.73 Å². The Bertz CT molecular complexity index is 558. The standard InChI is InChI=1S/C16H21N3S.ClH/c1-12-18-15(11-20-12)9-19-8-14(7-17)16(10-19)13-5-3-2-4-6-13;/h2-6,11,14,16H,7-10,17H2,1H3;1H/t14-,16+;/m1./s1. The lowest BCUT2D eigenvalue weighted by Gasteiger charge is -2.16. The van der Waals surface area contributed by atoms with Crippen molar-refractivity contribution >= 4 is 23.7 Å². The summed E-state index contributed by atoms with van der Waals surface area (Å²) in [6, 6.07) is 10.8. The number of nitrogens with zero attached hydrogens (tertiary/aromatic N) is 2. The highest BCUT2D eigenvalue weighted by Gasteiger charge is 2.32. The minimum Gasteiger partial charge on any atom is -0.330 e. The Balaban J connectivity index is 0.00000161. The van der Waals surface area contributed by atoms with Crippen LogP contribution in [0.3, 0.4) is 0 Å². The molecule has 3 nitrogen and oxygen atoms in total. The Labute approximate surface area is 136 Å². The van der Waals surface area contributed by atoms with Gasteiger partial charge >= 0.3 is 0 Å². The molecule has 5 heteroatoms. The van der Waals surface area contributed by atoms with Crippen molar-refractivity contribution in [3.8, 4) is 0 Å². The average molecular weight is 324 g/mol. The molecule has 2 aromatic rings. The SMILES string of the molecule is Cc1nc(CN2C[C@@H](CN)[C@H](c3ccccc3)C2)cs1.Cl. The highest BCUT2D eigenvalue weighted by molar-refractivity contribution is 7.09. The van der Waals surface area contributed by atoms with Crippen molar-refractivity contribution in [2.45, 2.75) is 19.4 Å². The van der Waals surface area contributed by atoms with Crippen molar-refractivity contribution in [2.24, 2.45) is 11.7 Å². The summed E-state index contributed by atoms with van der Waals surface area (Å²) in [6.07, 6.45) is 0. The molecule has 2 heterocycles. The topological polar surface area (TPSA) is 42.2 Å². The van der Waals surface area contributed by atoms with E-state index in [2.05, 4.69) is 52.5 Å². The Hall–Kier alpha value is -0.940. The number of hydrogen-bond acceptors (Lipinski definition) is 4. The summed E-state index contributed by atoms with van der Waals surface area (Å²) in [5.41, 5.74) is 8.59. The van der Waals surface area contributed by atoms with Crippen molar-refractivity contribution in [3.63, 3.8) is 0 Å². The smallest absolute Gasteiger partial charge is 0.0897 e. The van der Waals surface area contributed by atoms with Crippen LogP contribution in [0.25, 0.3) is 0 Å². The molecule has 0 amide bonds. The zero-order valence-corrected chi connectivity index (χ0v) is 13.9. The fourth-order valence-corrected chi connectivity index (χ4v) is 3.72. The summed E-state index contributed by atoms with van der Waals surface area (Å²) >= 11 is 1.73. The molecule has 0 unspecified atom stereocenters. The number of aryl methyl sites for hydroxylation is 1. The Morgan fingerprint density at radius 2 is 2.05 bits per heavy atom. The molecule has 1 fully saturated rings. The second-order valence-corrected chi connectivity index (χ2v) is 6.63. The predicted octanol–water partition coefficient (Wildman–Crippen LogP) is 3.05. The molecule has 0 spiro atoms. The van der Waals surface area contributed by atoms with E-state index < -0.39 is 0 Å². The van der Waals surface area contributed by atoms with Crippen LogP contribution >= 0.6 is 23.7 Å². The fraction of sp³-hybridized carbons (Fsp3) is 0.438. The van der Waals surface area contributed by atoms with Gasteiger partial charge in [0.15, 0.2) is 0 Å². The van der Waals surface area contributed by atoms with Gasteiger partial charge in [-0.15, -0.1) is 23.7 Å². The van der Waals surface area contributed by atoms with Gasteiger partial charge in [-0.2, -0.15) is 0 Å². The molecule has 0 bridgehead atoms. The molecule has 2 atom stereocenters. The maximum atomic E-state index is 5.98. The molecule has 0 saturated carbocycles. The van der Waals surface area contributed by atoms with Crippen LogP contribution in [-0.2, 0) is 6.54 Å². The molecule has 114 valence electrons. The summed E-state index contributed by atoms with van der Waals surface area (Å²) in [6.45, 7) is 5.93. The second kappa shape index (κ2) is 7.36. The monoisotopic (exact) mass is 323 g/mol.